The van der Waals surface area contributed by atoms with E-state index in [1.807, 2.05) is 24.3 Å². The normalized spacial score (nSPS) is 19.1. The fourth-order valence-corrected chi connectivity index (χ4v) is 4.36. The first-order valence-corrected chi connectivity index (χ1v) is 10.7. The van der Waals surface area contributed by atoms with Crippen molar-refractivity contribution in [2.75, 3.05) is 37.6 Å². The maximum atomic E-state index is 13.4. The van der Waals surface area contributed by atoms with Crippen molar-refractivity contribution in [3.8, 4) is 0 Å². The molecule has 6 nitrogen and oxygen atoms in total. The lowest BCUT2D eigenvalue weighted by Gasteiger charge is -2.35. The Bertz CT molecular complexity index is 1040. The van der Waals surface area contributed by atoms with Crippen LogP contribution < -0.4 is 4.90 Å². The molecule has 0 bridgehead atoms. The smallest absolute Gasteiger partial charge is 0.254 e. The lowest BCUT2D eigenvalue weighted by molar-refractivity contribution is -0.141. The summed E-state index contributed by atoms with van der Waals surface area (Å²) >= 11 is 3.39. The summed E-state index contributed by atoms with van der Waals surface area (Å²) in [6.07, 6.45) is 0.443. The topological polar surface area (TPSA) is 60.9 Å². The average Bonchev–Trinajstić information content (AvgIpc) is 3.16. The largest absolute Gasteiger partial charge is 0.338 e. The molecule has 2 aromatic rings. The second-order valence-electron chi connectivity index (χ2n) is 7.56. The number of amides is 3. The molecule has 2 aliphatic rings. The molecule has 2 aliphatic heterocycles. The van der Waals surface area contributed by atoms with Crippen molar-refractivity contribution in [1.29, 1.82) is 0 Å². The highest BCUT2D eigenvalue weighted by molar-refractivity contribution is 9.10. The van der Waals surface area contributed by atoms with Crippen LogP contribution in [0.1, 0.15) is 16.8 Å². The minimum absolute atomic E-state index is 0.0642. The first-order valence-electron chi connectivity index (χ1n) is 9.95. The number of anilines is 1. The van der Waals surface area contributed by atoms with Crippen molar-refractivity contribution < 1.29 is 23.2 Å². The number of halogens is 3. The van der Waals surface area contributed by atoms with Gasteiger partial charge in [-0.05, 0) is 42.8 Å². The van der Waals surface area contributed by atoms with Gasteiger partial charge in [-0.2, -0.15) is 0 Å². The summed E-state index contributed by atoms with van der Waals surface area (Å²) in [7, 11) is 0. The molecule has 9 heteroatoms. The highest BCUT2D eigenvalue weighted by Gasteiger charge is 2.40. The van der Waals surface area contributed by atoms with Gasteiger partial charge in [-0.25, -0.2) is 8.78 Å². The van der Waals surface area contributed by atoms with Crippen molar-refractivity contribution in [2.45, 2.75) is 6.42 Å². The molecule has 0 aliphatic carbocycles. The molecule has 0 saturated carbocycles. The maximum Gasteiger partial charge on any atom is 0.254 e. The molecule has 2 fully saturated rings. The Hall–Kier alpha value is -2.81. The quantitative estimate of drug-likeness (QED) is 0.620. The van der Waals surface area contributed by atoms with Gasteiger partial charge in [0.1, 0.15) is 5.92 Å². The number of hydrogen-bond acceptors (Lipinski definition) is 3. The molecule has 0 radical (unpaired) electrons. The van der Waals surface area contributed by atoms with E-state index < -0.39 is 23.5 Å². The molecule has 1 atom stereocenters. The number of carbonyl (C=O) groups is 3. The second kappa shape index (κ2) is 8.74. The van der Waals surface area contributed by atoms with Crippen molar-refractivity contribution in [3.05, 3.63) is 64.1 Å². The third kappa shape index (κ3) is 4.32. The summed E-state index contributed by atoms with van der Waals surface area (Å²) in [5.41, 5.74) is 0.811. The summed E-state index contributed by atoms with van der Waals surface area (Å²) in [6.45, 7) is 1.57. The first-order chi connectivity index (χ1) is 14.8. The van der Waals surface area contributed by atoms with Crippen LogP contribution in [0.2, 0.25) is 0 Å². The van der Waals surface area contributed by atoms with Gasteiger partial charge < -0.3 is 14.7 Å². The van der Waals surface area contributed by atoms with Crippen LogP contribution >= 0.6 is 15.9 Å². The number of carbonyl (C=O) groups excluding carboxylic acids is 3. The fraction of sp³-hybridized carbons (Fsp3) is 0.318. The number of piperazine rings is 1. The highest BCUT2D eigenvalue weighted by Crippen LogP contribution is 2.28. The van der Waals surface area contributed by atoms with E-state index in [-0.39, 0.29) is 43.6 Å². The van der Waals surface area contributed by atoms with Gasteiger partial charge in [-0.3, -0.25) is 14.4 Å². The molecule has 31 heavy (non-hydrogen) atoms. The van der Waals surface area contributed by atoms with Gasteiger partial charge in [0.15, 0.2) is 11.6 Å². The van der Waals surface area contributed by atoms with Gasteiger partial charge in [0.05, 0.1) is 0 Å². The van der Waals surface area contributed by atoms with Crippen molar-refractivity contribution in [2.24, 2.45) is 5.92 Å². The summed E-state index contributed by atoms with van der Waals surface area (Å²) in [6, 6.07) is 10.4. The number of benzene rings is 2. The first kappa shape index (κ1) is 21.4. The van der Waals surface area contributed by atoms with Gasteiger partial charge >= 0.3 is 0 Å². The molecule has 1 unspecified atom stereocenters. The minimum atomic E-state index is -1.07. The summed E-state index contributed by atoms with van der Waals surface area (Å²) in [5, 5.41) is 0. The fourth-order valence-electron chi connectivity index (χ4n) is 3.97. The van der Waals surface area contributed by atoms with Crippen LogP contribution in [0.5, 0.6) is 0 Å². The summed E-state index contributed by atoms with van der Waals surface area (Å²) in [4.78, 5) is 43.1. The van der Waals surface area contributed by atoms with Gasteiger partial charge in [0.25, 0.3) is 5.91 Å². The molecule has 2 saturated heterocycles. The van der Waals surface area contributed by atoms with E-state index >= 15 is 0 Å². The standard InChI is InChI=1S/C22H20BrF2N3O3/c23-15-2-1-3-16(13-15)28-7-6-17(22(28)31)21(30)27-10-8-26(9-11-27)20(29)14-4-5-18(24)19(25)12-14/h1-5,12-13,17H,6-11H2. The lowest BCUT2D eigenvalue weighted by Crippen LogP contribution is -2.52. The molecular weight excluding hydrogens is 472 g/mol. The Labute approximate surface area is 186 Å². The van der Waals surface area contributed by atoms with Crippen molar-refractivity contribution in [1.82, 2.24) is 9.80 Å². The molecule has 0 N–H and O–H groups in total. The van der Waals surface area contributed by atoms with Gasteiger partial charge in [-0.1, -0.05) is 22.0 Å². The van der Waals surface area contributed by atoms with Crippen LogP contribution in [0.15, 0.2) is 46.9 Å². The van der Waals surface area contributed by atoms with Crippen LogP contribution in [-0.4, -0.2) is 60.2 Å². The molecule has 3 amide bonds. The van der Waals surface area contributed by atoms with E-state index in [4.69, 9.17) is 0 Å². The van der Waals surface area contributed by atoms with Crippen LogP contribution in [-0.2, 0) is 9.59 Å². The van der Waals surface area contributed by atoms with E-state index in [0.717, 1.165) is 22.3 Å². The Kier molecular flexibility index (Phi) is 6.04. The van der Waals surface area contributed by atoms with Crippen LogP contribution in [0.3, 0.4) is 0 Å². The van der Waals surface area contributed by atoms with Crippen molar-refractivity contribution >= 4 is 39.3 Å². The SMILES string of the molecule is O=C(c1ccc(F)c(F)c1)N1CCN(C(=O)C2CCN(c3cccc(Br)c3)C2=O)CC1. The van der Waals surface area contributed by atoms with E-state index in [9.17, 15) is 23.2 Å². The van der Waals surface area contributed by atoms with E-state index in [1.54, 1.807) is 9.80 Å². The third-order valence-electron chi connectivity index (χ3n) is 5.67. The predicted octanol–water partition coefficient (Wildman–Crippen LogP) is 3.06. The van der Waals surface area contributed by atoms with Gasteiger partial charge in [-0.15, -0.1) is 0 Å². The predicted molar refractivity (Wildman–Crippen MR) is 113 cm³/mol. The molecular formula is C22H20BrF2N3O3. The molecule has 0 spiro atoms. The Morgan fingerprint density at radius 3 is 2.29 bits per heavy atom. The maximum absolute atomic E-state index is 13.4. The second-order valence-corrected chi connectivity index (χ2v) is 8.47. The zero-order chi connectivity index (χ0) is 22.1. The molecule has 2 aromatic carbocycles. The number of nitrogens with zero attached hydrogens (tertiary/aromatic N) is 3. The zero-order valence-electron chi connectivity index (χ0n) is 16.6. The Balaban J connectivity index is 1.36. The van der Waals surface area contributed by atoms with E-state index in [0.29, 0.717) is 13.0 Å². The van der Waals surface area contributed by atoms with Crippen LogP contribution in [0, 0.1) is 17.6 Å². The van der Waals surface area contributed by atoms with Crippen LogP contribution in [0.4, 0.5) is 14.5 Å². The molecule has 162 valence electrons. The lowest BCUT2D eigenvalue weighted by atomic mass is 10.1. The highest BCUT2D eigenvalue weighted by atomic mass is 79.9. The molecule has 0 aromatic heterocycles. The van der Waals surface area contributed by atoms with Gasteiger partial charge in [0.2, 0.25) is 11.8 Å². The zero-order valence-corrected chi connectivity index (χ0v) is 18.1. The van der Waals surface area contributed by atoms with Crippen LogP contribution in [0.25, 0.3) is 0 Å². The number of hydrogen-bond donors (Lipinski definition) is 0. The summed E-state index contributed by atoms with van der Waals surface area (Å²) in [5.74, 6) is -3.68. The van der Waals surface area contributed by atoms with Gasteiger partial charge in [0, 0.05) is 48.4 Å². The average molecular weight is 492 g/mol. The minimum Gasteiger partial charge on any atom is -0.338 e. The Morgan fingerprint density at radius 1 is 0.903 bits per heavy atom. The monoisotopic (exact) mass is 491 g/mol. The molecule has 4 rings (SSSR count). The Morgan fingerprint density at radius 2 is 1.61 bits per heavy atom. The molecule has 2 heterocycles. The van der Waals surface area contributed by atoms with Crippen molar-refractivity contribution in [3.63, 3.8) is 0 Å². The summed E-state index contributed by atoms with van der Waals surface area (Å²) < 4.78 is 27.4. The third-order valence-corrected chi connectivity index (χ3v) is 6.16. The van der Waals surface area contributed by atoms with E-state index in [1.165, 1.54) is 11.0 Å². The van der Waals surface area contributed by atoms with E-state index in [2.05, 4.69) is 15.9 Å². The number of rotatable bonds is 3.